The molecule has 4 heteroatoms. The average molecular weight is 717 g/mol. The Labute approximate surface area is 325 Å². The molecule has 0 atom stereocenters. The van der Waals surface area contributed by atoms with Crippen molar-refractivity contribution in [3.8, 4) is 62.1 Å². The number of rotatable bonds is 5. The molecule has 56 heavy (non-hydrogen) atoms. The summed E-state index contributed by atoms with van der Waals surface area (Å²) in [5, 5.41) is 4.94. The van der Waals surface area contributed by atoms with Crippen LogP contribution in [0.15, 0.2) is 182 Å². The smallest absolute Gasteiger partial charge is 0.164 e. The summed E-state index contributed by atoms with van der Waals surface area (Å²) in [4.78, 5) is 15.0. The Morgan fingerprint density at radius 2 is 1.00 bits per heavy atom. The normalized spacial score (nSPS) is 13.0. The second-order valence-corrected chi connectivity index (χ2v) is 15.3. The van der Waals surface area contributed by atoms with Gasteiger partial charge in [0.25, 0.3) is 0 Å². The minimum atomic E-state index is -0.0397. The topological polar surface area (TPSA) is 43.6 Å². The molecule has 264 valence electrons. The molecular formula is C52H36N4. The van der Waals surface area contributed by atoms with Gasteiger partial charge in [0.15, 0.2) is 17.5 Å². The lowest BCUT2D eigenvalue weighted by molar-refractivity contribution is 0.660. The van der Waals surface area contributed by atoms with Crippen LogP contribution in [-0.4, -0.2) is 19.5 Å². The first-order valence-electron chi connectivity index (χ1n) is 19.2. The zero-order valence-corrected chi connectivity index (χ0v) is 31.1. The van der Waals surface area contributed by atoms with Crippen molar-refractivity contribution in [3.05, 3.63) is 193 Å². The van der Waals surface area contributed by atoms with Crippen molar-refractivity contribution in [2.45, 2.75) is 19.3 Å². The molecule has 4 nitrogen and oxygen atoms in total. The van der Waals surface area contributed by atoms with Crippen molar-refractivity contribution in [1.82, 2.24) is 19.5 Å². The number of nitrogens with zero attached hydrogens (tertiary/aromatic N) is 4. The highest BCUT2D eigenvalue weighted by atomic mass is 15.0. The molecule has 11 rings (SSSR count). The molecular weight excluding hydrogens is 681 g/mol. The minimum Gasteiger partial charge on any atom is -0.309 e. The third-order valence-corrected chi connectivity index (χ3v) is 11.6. The second kappa shape index (κ2) is 12.4. The summed E-state index contributed by atoms with van der Waals surface area (Å²) in [6, 6.07) is 64.9. The van der Waals surface area contributed by atoms with Gasteiger partial charge in [-0.1, -0.05) is 159 Å². The summed E-state index contributed by atoms with van der Waals surface area (Å²) in [5.41, 5.74) is 14.1. The molecule has 0 unspecified atom stereocenters. The SMILES string of the molecule is CC1(C)c2ccccc2-c2ccc(-c3ccc4c(ccc5c4c4ccccc4n5-c4cccc(-c5nc(-c6ccccc6)nc(-c6ccccc6)n5)c4)c3)cc21. The van der Waals surface area contributed by atoms with Crippen molar-refractivity contribution in [3.63, 3.8) is 0 Å². The van der Waals surface area contributed by atoms with Crippen molar-refractivity contribution in [1.29, 1.82) is 0 Å². The predicted octanol–water partition coefficient (Wildman–Crippen LogP) is 13.1. The zero-order chi connectivity index (χ0) is 37.4. The lowest BCUT2D eigenvalue weighted by Gasteiger charge is -2.22. The lowest BCUT2D eigenvalue weighted by Crippen LogP contribution is -2.14. The van der Waals surface area contributed by atoms with E-state index in [9.17, 15) is 0 Å². The van der Waals surface area contributed by atoms with Crippen molar-refractivity contribution >= 4 is 32.6 Å². The van der Waals surface area contributed by atoms with Crippen LogP contribution in [0.25, 0.3) is 94.7 Å². The summed E-state index contributed by atoms with van der Waals surface area (Å²) >= 11 is 0. The number of fused-ring (bicyclic) bond motifs is 8. The fourth-order valence-corrected chi connectivity index (χ4v) is 8.86. The van der Waals surface area contributed by atoms with Crippen molar-refractivity contribution in [2.24, 2.45) is 0 Å². The lowest BCUT2D eigenvalue weighted by atomic mass is 9.81. The van der Waals surface area contributed by atoms with Crippen LogP contribution < -0.4 is 0 Å². The standard InChI is InChI=1S/C52H36N4/c1-52(2)44-22-11-9-20-41(44)42-28-25-36(32-45(42)52)35-24-27-40-37(30-35)26-29-47-48(40)43-21-10-12-23-46(43)56(47)39-19-13-18-38(31-39)51-54-49(33-14-5-3-6-15-33)53-50(55-51)34-16-7-4-8-17-34/h3-32H,1-2H3. The van der Waals surface area contributed by atoms with Crippen molar-refractivity contribution in [2.75, 3.05) is 0 Å². The molecule has 0 radical (unpaired) electrons. The first-order valence-corrected chi connectivity index (χ1v) is 19.2. The largest absolute Gasteiger partial charge is 0.309 e. The van der Waals surface area contributed by atoms with Gasteiger partial charge in [-0.05, 0) is 80.6 Å². The number of benzene rings is 8. The molecule has 1 aliphatic carbocycles. The van der Waals surface area contributed by atoms with Crippen LogP contribution in [-0.2, 0) is 5.41 Å². The average Bonchev–Trinajstić information content (AvgIpc) is 3.72. The van der Waals surface area contributed by atoms with Gasteiger partial charge in [-0.2, -0.15) is 0 Å². The van der Waals surface area contributed by atoms with E-state index in [1.807, 2.05) is 60.7 Å². The van der Waals surface area contributed by atoms with Gasteiger partial charge < -0.3 is 4.57 Å². The van der Waals surface area contributed by atoms with E-state index in [0.29, 0.717) is 17.5 Å². The minimum absolute atomic E-state index is 0.0397. The number of para-hydroxylation sites is 1. The summed E-state index contributed by atoms with van der Waals surface area (Å²) < 4.78 is 2.37. The Hall–Kier alpha value is -7.17. The molecule has 0 spiro atoms. The van der Waals surface area contributed by atoms with Gasteiger partial charge >= 0.3 is 0 Å². The first kappa shape index (κ1) is 32.3. The highest BCUT2D eigenvalue weighted by Crippen LogP contribution is 2.49. The molecule has 0 amide bonds. The first-order chi connectivity index (χ1) is 27.5. The van der Waals surface area contributed by atoms with Gasteiger partial charge in [0.05, 0.1) is 11.0 Å². The summed E-state index contributed by atoms with van der Waals surface area (Å²) in [6.45, 7) is 4.69. The van der Waals surface area contributed by atoms with Crippen LogP contribution in [0.5, 0.6) is 0 Å². The van der Waals surface area contributed by atoms with Crippen molar-refractivity contribution < 1.29 is 0 Å². The predicted molar refractivity (Wildman–Crippen MR) is 231 cm³/mol. The molecule has 0 saturated heterocycles. The number of hydrogen-bond acceptors (Lipinski definition) is 3. The third-order valence-electron chi connectivity index (χ3n) is 11.6. The van der Waals surface area contributed by atoms with E-state index in [1.165, 1.54) is 54.9 Å². The van der Waals surface area contributed by atoms with Crippen LogP contribution in [0.3, 0.4) is 0 Å². The maximum Gasteiger partial charge on any atom is 0.164 e. The summed E-state index contributed by atoms with van der Waals surface area (Å²) in [5.74, 6) is 1.93. The maximum absolute atomic E-state index is 5.03. The van der Waals surface area contributed by atoms with Crippen LogP contribution >= 0.6 is 0 Å². The van der Waals surface area contributed by atoms with Crippen LogP contribution in [0.1, 0.15) is 25.0 Å². The Morgan fingerprint density at radius 1 is 0.393 bits per heavy atom. The maximum atomic E-state index is 5.03. The Kier molecular flexibility index (Phi) is 7.17. The molecule has 0 saturated carbocycles. The van der Waals surface area contributed by atoms with E-state index < -0.39 is 0 Å². The molecule has 8 aromatic carbocycles. The van der Waals surface area contributed by atoms with E-state index in [2.05, 4.69) is 140 Å². The van der Waals surface area contributed by atoms with Gasteiger partial charge in [0.1, 0.15) is 0 Å². The Morgan fingerprint density at radius 3 is 1.77 bits per heavy atom. The molecule has 0 bridgehead atoms. The van der Waals surface area contributed by atoms with Crippen LogP contribution in [0, 0.1) is 0 Å². The van der Waals surface area contributed by atoms with E-state index in [0.717, 1.165) is 33.4 Å². The van der Waals surface area contributed by atoms with Gasteiger partial charge in [0.2, 0.25) is 0 Å². The van der Waals surface area contributed by atoms with E-state index in [4.69, 9.17) is 15.0 Å². The Balaban J connectivity index is 1.04. The van der Waals surface area contributed by atoms with E-state index in [-0.39, 0.29) is 5.41 Å². The fraction of sp³-hybridized carbons (Fsp3) is 0.0577. The number of hydrogen-bond donors (Lipinski definition) is 0. The molecule has 10 aromatic rings. The quantitative estimate of drug-likeness (QED) is 0.178. The summed E-state index contributed by atoms with van der Waals surface area (Å²) in [6.07, 6.45) is 0. The molecule has 2 heterocycles. The third kappa shape index (κ3) is 5.03. The van der Waals surface area contributed by atoms with E-state index >= 15 is 0 Å². The zero-order valence-electron chi connectivity index (χ0n) is 31.1. The van der Waals surface area contributed by atoms with E-state index in [1.54, 1.807) is 0 Å². The number of aromatic nitrogens is 4. The molecule has 0 fully saturated rings. The molecule has 1 aliphatic rings. The second-order valence-electron chi connectivity index (χ2n) is 15.3. The fourth-order valence-electron chi connectivity index (χ4n) is 8.86. The van der Waals surface area contributed by atoms with Gasteiger partial charge in [0, 0.05) is 38.6 Å². The van der Waals surface area contributed by atoms with Gasteiger partial charge in [-0.15, -0.1) is 0 Å². The monoisotopic (exact) mass is 716 g/mol. The summed E-state index contributed by atoms with van der Waals surface area (Å²) in [7, 11) is 0. The highest BCUT2D eigenvalue weighted by Gasteiger charge is 2.35. The van der Waals surface area contributed by atoms with Gasteiger partial charge in [-0.25, -0.2) is 15.0 Å². The van der Waals surface area contributed by atoms with Crippen LogP contribution in [0.4, 0.5) is 0 Å². The molecule has 0 N–H and O–H groups in total. The van der Waals surface area contributed by atoms with Gasteiger partial charge in [-0.3, -0.25) is 0 Å². The highest BCUT2D eigenvalue weighted by molar-refractivity contribution is 6.21. The van der Waals surface area contributed by atoms with Crippen LogP contribution in [0.2, 0.25) is 0 Å². The molecule has 0 aliphatic heterocycles. The Bertz CT molecular complexity index is 3100. The molecule has 2 aromatic heterocycles.